The van der Waals surface area contributed by atoms with Gasteiger partial charge in [0.05, 0.1) is 18.4 Å². The molecule has 2 aliphatic heterocycles. The molecule has 16 heavy (non-hydrogen) atoms. The molecule has 1 aromatic heterocycles. The molecule has 0 aromatic carbocycles. The van der Waals surface area contributed by atoms with Crippen LogP contribution in [-0.4, -0.2) is 30.4 Å². The van der Waals surface area contributed by atoms with Crippen molar-refractivity contribution in [1.82, 2.24) is 10.3 Å². The molecule has 0 amide bonds. The molecule has 84 valence electrons. The molecule has 2 aliphatic rings. The van der Waals surface area contributed by atoms with Crippen LogP contribution in [-0.2, 0) is 6.54 Å². The minimum absolute atomic E-state index is 0.333. The van der Waals surface area contributed by atoms with Crippen LogP contribution in [0.25, 0.3) is 0 Å². The van der Waals surface area contributed by atoms with Crippen LogP contribution in [0.15, 0.2) is 17.3 Å². The van der Waals surface area contributed by atoms with Crippen LogP contribution in [0.4, 0.5) is 0 Å². The average molecular weight is 217 g/mol. The van der Waals surface area contributed by atoms with Crippen LogP contribution in [0.1, 0.15) is 24.1 Å². The number of aromatic nitrogens is 1. The summed E-state index contributed by atoms with van der Waals surface area (Å²) < 4.78 is 5.92. The lowest BCUT2D eigenvalue weighted by Crippen LogP contribution is -2.34. The van der Waals surface area contributed by atoms with Gasteiger partial charge in [0.1, 0.15) is 11.9 Å². The predicted molar refractivity (Wildman–Crippen MR) is 62.1 cm³/mol. The van der Waals surface area contributed by atoms with Gasteiger partial charge in [0, 0.05) is 11.8 Å². The first kappa shape index (κ1) is 9.78. The Labute approximate surface area is 94.8 Å². The topological polar surface area (TPSA) is 46.5 Å². The van der Waals surface area contributed by atoms with E-state index in [9.17, 15) is 0 Å². The molecule has 4 heteroatoms. The Morgan fingerprint density at radius 3 is 3.06 bits per heavy atom. The van der Waals surface area contributed by atoms with Crippen molar-refractivity contribution >= 4 is 6.21 Å². The zero-order chi connectivity index (χ0) is 10.8. The second-order valence-corrected chi connectivity index (χ2v) is 4.24. The predicted octanol–water partition coefficient (Wildman–Crippen LogP) is 1.14. The first-order valence-electron chi connectivity index (χ1n) is 5.78. The molecule has 0 radical (unpaired) electrons. The van der Waals surface area contributed by atoms with Gasteiger partial charge in [0.25, 0.3) is 0 Å². The molecule has 0 aliphatic carbocycles. The maximum absolute atomic E-state index is 5.92. The van der Waals surface area contributed by atoms with Gasteiger partial charge in [0.15, 0.2) is 0 Å². The summed E-state index contributed by atoms with van der Waals surface area (Å²) in [6.07, 6.45) is 6.17. The molecule has 1 saturated heterocycles. The minimum atomic E-state index is 0.333. The van der Waals surface area contributed by atoms with E-state index in [1.165, 1.54) is 0 Å². The second kappa shape index (κ2) is 4.22. The van der Waals surface area contributed by atoms with Crippen molar-refractivity contribution in [2.75, 3.05) is 13.1 Å². The number of hydrogen-bond acceptors (Lipinski definition) is 4. The highest BCUT2D eigenvalue weighted by Crippen LogP contribution is 2.20. The van der Waals surface area contributed by atoms with Crippen molar-refractivity contribution in [2.24, 2.45) is 4.99 Å². The van der Waals surface area contributed by atoms with E-state index < -0.39 is 0 Å². The highest BCUT2D eigenvalue weighted by atomic mass is 16.5. The first-order valence-corrected chi connectivity index (χ1v) is 5.78. The summed E-state index contributed by atoms with van der Waals surface area (Å²) in [5, 5.41) is 3.33. The summed E-state index contributed by atoms with van der Waals surface area (Å²) >= 11 is 0. The lowest BCUT2D eigenvalue weighted by molar-refractivity contribution is 0.162. The van der Waals surface area contributed by atoms with Gasteiger partial charge in [-0.1, -0.05) is 0 Å². The summed E-state index contributed by atoms with van der Waals surface area (Å²) in [5.74, 6) is 0.874. The lowest BCUT2D eigenvalue weighted by atomic mass is 10.1. The van der Waals surface area contributed by atoms with E-state index in [4.69, 9.17) is 4.74 Å². The van der Waals surface area contributed by atoms with E-state index >= 15 is 0 Å². The molecule has 0 unspecified atom stereocenters. The van der Waals surface area contributed by atoms with Crippen molar-refractivity contribution in [3.63, 3.8) is 0 Å². The number of nitrogens with one attached hydrogen (secondary N) is 1. The lowest BCUT2D eigenvalue weighted by Gasteiger charge is -2.23. The number of fused-ring (bicyclic) bond motifs is 1. The molecule has 1 N–H and O–H groups in total. The molecule has 0 atom stereocenters. The van der Waals surface area contributed by atoms with E-state index in [0.29, 0.717) is 12.6 Å². The van der Waals surface area contributed by atoms with Crippen LogP contribution in [0.3, 0.4) is 0 Å². The molecule has 0 saturated carbocycles. The van der Waals surface area contributed by atoms with Crippen LogP contribution in [0.2, 0.25) is 0 Å². The zero-order valence-electron chi connectivity index (χ0n) is 9.15. The molecule has 3 heterocycles. The van der Waals surface area contributed by atoms with Gasteiger partial charge < -0.3 is 10.1 Å². The van der Waals surface area contributed by atoms with Crippen LogP contribution in [0, 0.1) is 0 Å². The second-order valence-electron chi connectivity index (χ2n) is 4.24. The summed E-state index contributed by atoms with van der Waals surface area (Å²) in [6, 6.07) is 2.04. The summed E-state index contributed by atoms with van der Waals surface area (Å²) in [6.45, 7) is 2.80. The number of aliphatic imine (C=N–C) groups is 1. The normalized spacial score (nSPS) is 19.8. The van der Waals surface area contributed by atoms with Crippen molar-refractivity contribution < 1.29 is 4.74 Å². The molecular weight excluding hydrogens is 202 g/mol. The van der Waals surface area contributed by atoms with E-state index in [0.717, 1.165) is 42.9 Å². The fraction of sp³-hybridized carbons (Fsp3) is 0.500. The monoisotopic (exact) mass is 217 g/mol. The Hall–Kier alpha value is -1.42. The van der Waals surface area contributed by atoms with Crippen LogP contribution < -0.4 is 10.1 Å². The van der Waals surface area contributed by atoms with Gasteiger partial charge in [-0.05, 0) is 32.0 Å². The van der Waals surface area contributed by atoms with Gasteiger partial charge in [0.2, 0.25) is 0 Å². The molecule has 3 rings (SSSR count). The van der Waals surface area contributed by atoms with Gasteiger partial charge >= 0.3 is 0 Å². The maximum atomic E-state index is 5.92. The van der Waals surface area contributed by atoms with E-state index in [-0.39, 0.29) is 0 Å². The van der Waals surface area contributed by atoms with Crippen LogP contribution in [0.5, 0.6) is 5.75 Å². The Morgan fingerprint density at radius 2 is 2.19 bits per heavy atom. The standard InChI is InChI=1S/C12H15N3O/c1-3-13-4-2-10(1)16-11-5-9-6-14-8-12(9)15-7-11/h5-7,10,13H,1-4,8H2. The summed E-state index contributed by atoms with van der Waals surface area (Å²) in [7, 11) is 0. The Kier molecular flexibility index (Phi) is 2.58. The fourth-order valence-electron chi connectivity index (χ4n) is 2.13. The number of pyridine rings is 1. The number of nitrogens with zero attached hydrogens (tertiary/aromatic N) is 2. The Bertz CT molecular complexity index is 411. The molecule has 1 fully saturated rings. The number of hydrogen-bond donors (Lipinski definition) is 1. The van der Waals surface area contributed by atoms with Crippen molar-refractivity contribution in [3.05, 3.63) is 23.5 Å². The van der Waals surface area contributed by atoms with Crippen molar-refractivity contribution in [3.8, 4) is 5.75 Å². The quantitative estimate of drug-likeness (QED) is 0.808. The van der Waals surface area contributed by atoms with Crippen LogP contribution >= 0.6 is 0 Å². The first-order chi connectivity index (χ1) is 7.92. The maximum Gasteiger partial charge on any atom is 0.138 e. The molecule has 4 nitrogen and oxygen atoms in total. The van der Waals surface area contributed by atoms with E-state index in [1.807, 2.05) is 18.5 Å². The third-order valence-electron chi connectivity index (χ3n) is 3.04. The smallest absolute Gasteiger partial charge is 0.138 e. The highest BCUT2D eigenvalue weighted by Gasteiger charge is 2.16. The molecule has 0 bridgehead atoms. The zero-order valence-corrected chi connectivity index (χ0v) is 9.15. The van der Waals surface area contributed by atoms with Crippen molar-refractivity contribution in [1.29, 1.82) is 0 Å². The van der Waals surface area contributed by atoms with Crippen molar-refractivity contribution in [2.45, 2.75) is 25.5 Å². The fourth-order valence-corrected chi connectivity index (χ4v) is 2.13. The third-order valence-corrected chi connectivity index (χ3v) is 3.04. The molecular formula is C12H15N3O. The summed E-state index contributed by atoms with van der Waals surface area (Å²) in [4.78, 5) is 8.55. The van der Waals surface area contributed by atoms with Gasteiger partial charge in [-0.25, -0.2) is 0 Å². The molecule has 0 spiro atoms. The Morgan fingerprint density at radius 1 is 1.31 bits per heavy atom. The van der Waals surface area contributed by atoms with E-state index in [2.05, 4.69) is 15.3 Å². The van der Waals surface area contributed by atoms with Gasteiger partial charge in [-0.3, -0.25) is 9.98 Å². The average Bonchev–Trinajstić information content (AvgIpc) is 2.77. The number of piperidine rings is 1. The van der Waals surface area contributed by atoms with Gasteiger partial charge in [-0.15, -0.1) is 0 Å². The summed E-state index contributed by atoms with van der Waals surface area (Å²) in [5.41, 5.74) is 2.16. The molecule has 1 aromatic rings. The third kappa shape index (κ3) is 1.93. The van der Waals surface area contributed by atoms with E-state index in [1.54, 1.807) is 0 Å². The Balaban J connectivity index is 1.72. The SMILES string of the molecule is C1=NCc2ncc(OC3CCNCC3)cc21. The highest BCUT2D eigenvalue weighted by molar-refractivity contribution is 5.84. The largest absolute Gasteiger partial charge is 0.489 e. The minimum Gasteiger partial charge on any atom is -0.489 e. The number of ether oxygens (including phenoxy) is 1. The van der Waals surface area contributed by atoms with Gasteiger partial charge in [-0.2, -0.15) is 0 Å². The number of rotatable bonds is 2.